The van der Waals surface area contributed by atoms with Gasteiger partial charge in [-0.2, -0.15) is 10.5 Å². The van der Waals surface area contributed by atoms with Crippen molar-refractivity contribution >= 4 is 0 Å². The van der Waals surface area contributed by atoms with Crippen LogP contribution in [0.25, 0.3) is 56.4 Å². The largest absolute Gasteiger partial charge is 0.208 e. The molecule has 0 unspecified atom stereocenters. The Labute approximate surface area is 232 Å². The first kappa shape index (κ1) is 24.4. The highest BCUT2D eigenvalue weighted by Crippen LogP contribution is 2.30. The van der Waals surface area contributed by atoms with Gasteiger partial charge in [-0.15, -0.1) is 0 Å². The van der Waals surface area contributed by atoms with Gasteiger partial charge in [0.2, 0.25) is 0 Å². The van der Waals surface area contributed by atoms with Gasteiger partial charge in [-0.3, -0.25) is 0 Å². The van der Waals surface area contributed by atoms with E-state index in [1.165, 1.54) is 0 Å². The number of nitriles is 2. The second-order valence-electron chi connectivity index (χ2n) is 9.22. The maximum absolute atomic E-state index is 9.35. The van der Waals surface area contributed by atoms with Gasteiger partial charge >= 0.3 is 0 Å². The summed E-state index contributed by atoms with van der Waals surface area (Å²) in [5.74, 6) is 1.69. The average Bonchev–Trinajstić information content (AvgIpc) is 3.05. The standard InChI is InChI=1S/C35H21N5/c36-22-24-8-4-12-27(18-24)29-14-6-16-31(20-29)34-38-33(26-10-2-1-3-11-26)39-35(40-34)32-17-7-15-30(21-32)28-13-5-9-25(19-28)23-37/h1-21H. The monoisotopic (exact) mass is 511 g/mol. The van der Waals surface area contributed by atoms with Crippen molar-refractivity contribution in [3.63, 3.8) is 0 Å². The minimum atomic E-state index is 0.555. The molecule has 0 aliphatic heterocycles. The molecule has 0 bridgehead atoms. The van der Waals surface area contributed by atoms with Crippen LogP contribution < -0.4 is 0 Å². The Kier molecular flexibility index (Phi) is 6.61. The van der Waals surface area contributed by atoms with Gasteiger partial charge in [0.15, 0.2) is 17.5 Å². The van der Waals surface area contributed by atoms with Gasteiger partial charge in [0, 0.05) is 16.7 Å². The Hall–Kier alpha value is -5.91. The normalized spacial score (nSPS) is 10.4. The zero-order valence-electron chi connectivity index (χ0n) is 21.4. The summed E-state index contributed by atoms with van der Waals surface area (Å²) in [6, 6.07) is 45.4. The van der Waals surface area contributed by atoms with Crippen LogP contribution in [-0.2, 0) is 0 Å². The lowest BCUT2D eigenvalue weighted by molar-refractivity contribution is 1.07. The molecule has 5 nitrogen and oxygen atoms in total. The van der Waals surface area contributed by atoms with Crippen molar-refractivity contribution in [3.05, 3.63) is 139 Å². The molecular formula is C35H21N5. The molecule has 0 saturated carbocycles. The Morgan fingerprint density at radius 1 is 0.350 bits per heavy atom. The number of benzene rings is 5. The SMILES string of the molecule is N#Cc1cccc(-c2cccc(-c3nc(-c4ccccc4)nc(-c4cccc(-c5cccc(C#N)c5)c4)n3)c2)c1. The van der Waals surface area contributed by atoms with Gasteiger partial charge in [0.05, 0.1) is 23.3 Å². The van der Waals surface area contributed by atoms with Gasteiger partial charge in [-0.05, 0) is 58.7 Å². The highest BCUT2D eigenvalue weighted by atomic mass is 15.0. The van der Waals surface area contributed by atoms with Crippen molar-refractivity contribution in [1.29, 1.82) is 10.5 Å². The summed E-state index contributed by atoms with van der Waals surface area (Å²) in [4.78, 5) is 14.6. The predicted molar refractivity (Wildman–Crippen MR) is 156 cm³/mol. The summed E-state index contributed by atoms with van der Waals surface area (Å²) in [6.45, 7) is 0. The molecule has 0 radical (unpaired) electrons. The highest BCUT2D eigenvalue weighted by Gasteiger charge is 2.14. The number of nitrogens with zero attached hydrogens (tertiary/aromatic N) is 5. The maximum atomic E-state index is 9.35. The first-order chi connectivity index (χ1) is 19.7. The van der Waals surface area contributed by atoms with Crippen LogP contribution >= 0.6 is 0 Å². The van der Waals surface area contributed by atoms with E-state index in [2.05, 4.69) is 12.1 Å². The molecule has 0 saturated heterocycles. The topological polar surface area (TPSA) is 86.2 Å². The fourth-order valence-corrected chi connectivity index (χ4v) is 4.56. The van der Waals surface area contributed by atoms with Crippen molar-refractivity contribution < 1.29 is 0 Å². The molecule has 0 aliphatic rings. The molecule has 186 valence electrons. The minimum Gasteiger partial charge on any atom is -0.208 e. The first-order valence-electron chi connectivity index (χ1n) is 12.7. The Morgan fingerprint density at radius 2 is 0.700 bits per heavy atom. The molecule has 5 aromatic carbocycles. The number of hydrogen-bond donors (Lipinski definition) is 0. The molecule has 0 fully saturated rings. The van der Waals surface area contributed by atoms with E-state index < -0.39 is 0 Å². The number of rotatable bonds is 5. The Morgan fingerprint density at radius 3 is 1.15 bits per heavy atom. The van der Waals surface area contributed by atoms with E-state index in [-0.39, 0.29) is 0 Å². The second kappa shape index (κ2) is 10.8. The van der Waals surface area contributed by atoms with Gasteiger partial charge in [-0.1, -0.05) is 91.0 Å². The van der Waals surface area contributed by atoms with Gasteiger partial charge < -0.3 is 0 Å². The molecule has 0 atom stereocenters. The summed E-state index contributed by atoms with van der Waals surface area (Å²) in [7, 11) is 0. The van der Waals surface area contributed by atoms with Crippen LogP contribution in [0.15, 0.2) is 127 Å². The lowest BCUT2D eigenvalue weighted by Gasteiger charge is -2.11. The van der Waals surface area contributed by atoms with Crippen molar-refractivity contribution in [2.75, 3.05) is 0 Å². The minimum absolute atomic E-state index is 0.555. The zero-order chi connectivity index (χ0) is 27.3. The summed E-state index contributed by atoms with van der Waals surface area (Å²) in [6.07, 6.45) is 0. The van der Waals surface area contributed by atoms with Crippen LogP contribution in [0, 0.1) is 22.7 Å². The van der Waals surface area contributed by atoms with Crippen molar-refractivity contribution in [1.82, 2.24) is 15.0 Å². The van der Waals surface area contributed by atoms with Crippen molar-refractivity contribution in [2.45, 2.75) is 0 Å². The summed E-state index contributed by atoms with van der Waals surface area (Å²) >= 11 is 0. The van der Waals surface area contributed by atoms with Gasteiger partial charge in [0.25, 0.3) is 0 Å². The fraction of sp³-hybridized carbons (Fsp3) is 0. The van der Waals surface area contributed by atoms with E-state index in [1.54, 1.807) is 12.1 Å². The van der Waals surface area contributed by atoms with Crippen molar-refractivity contribution in [2.24, 2.45) is 0 Å². The molecule has 40 heavy (non-hydrogen) atoms. The summed E-state index contributed by atoms with van der Waals surface area (Å²) in [5, 5.41) is 18.7. The average molecular weight is 512 g/mol. The van der Waals surface area contributed by atoms with E-state index in [0.717, 1.165) is 38.9 Å². The first-order valence-corrected chi connectivity index (χ1v) is 12.7. The zero-order valence-corrected chi connectivity index (χ0v) is 21.4. The Balaban J connectivity index is 1.48. The van der Waals surface area contributed by atoms with E-state index in [9.17, 15) is 10.5 Å². The molecule has 5 heteroatoms. The summed E-state index contributed by atoms with van der Waals surface area (Å²) in [5.41, 5.74) is 7.64. The molecule has 1 aromatic heterocycles. The molecular weight excluding hydrogens is 490 g/mol. The third kappa shape index (κ3) is 5.09. The Bertz CT molecular complexity index is 1810. The quantitative estimate of drug-likeness (QED) is 0.234. The highest BCUT2D eigenvalue weighted by molar-refractivity contribution is 5.75. The molecule has 0 aliphatic carbocycles. The van der Waals surface area contributed by atoms with Crippen LogP contribution in [0.1, 0.15) is 11.1 Å². The molecule has 0 amide bonds. The molecule has 1 heterocycles. The number of aromatic nitrogens is 3. The van der Waals surface area contributed by atoms with Crippen LogP contribution in [0.4, 0.5) is 0 Å². The second-order valence-corrected chi connectivity index (χ2v) is 9.22. The molecule has 6 aromatic rings. The summed E-state index contributed by atoms with van der Waals surface area (Å²) < 4.78 is 0. The molecule has 6 rings (SSSR count). The third-order valence-corrected chi connectivity index (χ3v) is 6.56. The van der Waals surface area contributed by atoms with Crippen LogP contribution in [-0.4, -0.2) is 15.0 Å². The van der Waals surface area contributed by atoms with Gasteiger partial charge in [0.1, 0.15) is 0 Å². The lowest BCUT2D eigenvalue weighted by atomic mass is 10.0. The smallest absolute Gasteiger partial charge is 0.164 e. The van der Waals surface area contributed by atoms with Crippen LogP contribution in [0.3, 0.4) is 0 Å². The van der Waals surface area contributed by atoms with E-state index in [4.69, 9.17) is 15.0 Å². The van der Waals surface area contributed by atoms with E-state index in [0.29, 0.717) is 28.6 Å². The lowest BCUT2D eigenvalue weighted by Crippen LogP contribution is -2.00. The van der Waals surface area contributed by atoms with Crippen LogP contribution in [0.5, 0.6) is 0 Å². The van der Waals surface area contributed by atoms with Crippen LogP contribution in [0.2, 0.25) is 0 Å². The molecule has 0 N–H and O–H groups in total. The molecule has 0 spiro atoms. The van der Waals surface area contributed by atoms with E-state index in [1.807, 2.05) is 115 Å². The van der Waals surface area contributed by atoms with Crippen molar-refractivity contribution in [3.8, 4) is 68.6 Å². The third-order valence-electron chi connectivity index (χ3n) is 6.56. The predicted octanol–water partition coefficient (Wildman–Crippen LogP) is 7.95. The number of hydrogen-bond acceptors (Lipinski definition) is 5. The van der Waals surface area contributed by atoms with E-state index >= 15 is 0 Å². The van der Waals surface area contributed by atoms with Gasteiger partial charge in [-0.25, -0.2) is 15.0 Å². The fourth-order valence-electron chi connectivity index (χ4n) is 4.56. The maximum Gasteiger partial charge on any atom is 0.164 e.